The third-order valence-corrected chi connectivity index (χ3v) is 5.80. The fraction of sp³-hybridized carbons (Fsp3) is 0.542. The summed E-state index contributed by atoms with van der Waals surface area (Å²) >= 11 is 0. The van der Waals surface area contributed by atoms with Gasteiger partial charge in [0.2, 0.25) is 5.91 Å². The van der Waals surface area contributed by atoms with Gasteiger partial charge in [0.1, 0.15) is 0 Å². The Hall–Kier alpha value is -2.43. The van der Waals surface area contributed by atoms with Crippen LogP contribution in [0.15, 0.2) is 24.3 Å². The first-order valence-corrected chi connectivity index (χ1v) is 10.9. The number of hydrogen-bond donors (Lipinski definition) is 1. The number of carbonyl (C=O) groups is 2. The first kappa shape index (κ1) is 21.3. The number of carbonyl (C=O) groups excluding carboxylic acids is 2. The third-order valence-electron chi connectivity index (χ3n) is 5.80. The molecule has 1 saturated heterocycles. The Morgan fingerprint density at radius 1 is 1.17 bits per heavy atom. The van der Waals surface area contributed by atoms with Crippen molar-refractivity contribution < 1.29 is 9.59 Å². The predicted octanol–water partition coefficient (Wildman–Crippen LogP) is 4.40. The Labute approximate surface area is 173 Å². The van der Waals surface area contributed by atoms with Gasteiger partial charge in [-0.2, -0.15) is 0 Å². The summed E-state index contributed by atoms with van der Waals surface area (Å²) in [6.07, 6.45) is 6.28. The zero-order valence-corrected chi connectivity index (χ0v) is 18.0. The molecule has 1 unspecified atom stereocenters. The van der Waals surface area contributed by atoms with E-state index in [1.54, 1.807) is 0 Å². The number of nitrogens with zero attached hydrogens (tertiary/aromatic N) is 2. The maximum atomic E-state index is 13.2. The van der Waals surface area contributed by atoms with Gasteiger partial charge in [-0.05, 0) is 50.8 Å². The summed E-state index contributed by atoms with van der Waals surface area (Å²) in [5, 5.41) is 4.04. The molecule has 1 fully saturated rings. The third kappa shape index (κ3) is 5.34. The van der Waals surface area contributed by atoms with Gasteiger partial charge >= 0.3 is 0 Å². The van der Waals surface area contributed by atoms with Crippen molar-refractivity contribution in [3.05, 3.63) is 41.1 Å². The highest BCUT2D eigenvalue weighted by molar-refractivity contribution is 5.99. The van der Waals surface area contributed by atoms with Crippen LogP contribution in [0.3, 0.4) is 0 Å². The number of unbranched alkanes of at least 4 members (excludes halogenated alkanes) is 3. The monoisotopic (exact) mass is 395 g/mol. The summed E-state index contributed by atoms with van der Waals surface area (Å²) in [5.74, 6) is -0.0454. The van der Waals surface area contributed by atoms with E-state index in [2.05, 4.69) is 17.2 Å². The molecule has 1 aliphatic heterocycles. The van der Waals surface area contributed by atoms with Gasteiger partial charge in [0.25, 0.3) is 5.91 Å². The van der Waals surface area contributed by atoms with Gasteiger partial charge in [-0.3, -0.25) is 14.6 Å². The van der Waals surface area contributed by atoms with E-state index in [9.17, 15) is 9.59 Å². The van der Waals surface area contributed by atoms with Crippen molar-refractivity contribution in [1.82, 2.24) is 15.2 Å². The number of aromatic nitrogens is 1. The molecule has 156 valence electrons. The minimum Gasteiger partial charge on any atom is -0.356 e. The van der Waals surface area contributed by atoms with Crippen molar-refractivity contribution in [3.8, 4) is 0 Å². The zero-order chi connectivity index (χ0) is 20.8. The normalized spacial score (nSPS) is 16.8. The number of fused-ring (bicyclic) bond motifs is 1. The lowest BCUT2D eigenvalue weighted by Gasteiger charge is -2.32. The van der Waals surface area contributed by atoms with Crippen molar-refractivity contribution in [2.75, 3.05) is 19.6 Å². The van der Waals surface area contributed by atoms with Gasteiger partial charge in [0.15, 0.2) is 0 Å². The lowest BCUT2D eigenvalue weighted by Crippen LogP contribution is -2.45. The average molecular weight is 396 g/mol. The second-order valence-corrected chi connectivity index (χ2v) is 8.26. The van der Waals surface area contributed by atoms with Crippen LogP contribution in [0.2, 0.25) is 0 Å². The molecular formula is C24H33N3O2. The molecule has 3 rings (SSSR count). The molecule has 5 nitrogen and oxygen atoms in total. The standard InChI is InChI=1S/C24H33N3O2/c1-4-5-6-7-12-25-23(28)20-9-8-13-27(16-20)24(29)21-15-19-11-10-17(2)14-22(19)26-18(21)3/h10-11,14-15,20H,4-9,12-13,16H2,1-3H3,(H,25,28). The number of nitrogens with one attached hydrogen (secondary N) is 1. The van der Waals surface area contributed by atoms with Crippen molar-refractivity contribution >= 4 is 22.7 Å². The van der Waals surface area contributed by atoms with Crippen LogP contribution in [-0.4, -0.2) is 41.3 Å². The molecule has 1 N–H and O–H groups in total. The molecule has 1 aliphatic rings. The molecule has 2 amide bonds. The second-order valence-electron chi connectivity index (χ2n) is 8.26. The molecule has 1 atom stereocenters. The van der Waals surface area contributed by atoms with E-state index >= 15 is 0 Å². The van der Waals surface area contributed by atoms with E-state index in [0.29, 0.717) is 18.7 Å². The Morgan fingerprint density at radius 2 is 2.00 bits per heavy atom. The number of aryl methyl sites for hydroxylation is 2. The number of hydrogen-bond acceptors (Lipinski definition) is 3. The highest BCUT2D eigenvalue weighted by Crippen LogP contribution is 2.23. The lowest BCUT2D eigenvalue weighted by atomic mass is 9.96. The predicted molar refractivity (Wildman–Crippen MR) is 117 cm³/mol. The SMILES string of the molecule is CCCCCCNC(=O)C1CCCN(C(=O)c2cc3ccc(C)cc3nc2C)C1. The van der Waals surface area contributed by atoms with E-state index in [-0.39, 0.29) is 17.7 Å². The number of amides is 2. The fourth-order valence-corrected chi connectivity index (χ4v) is 4.04. The van der Waals surface area contributed by atoms with Gasteiger partial charge in [-0.1, -0.05) is 38.3 Å². The van der Waals surface area contributed by atoms with Gasteiger partial charge in [0, 0.05) is 25.0 Å². The van der Waals surface area contributed by atoms with Gasteiger partial charge in [-0.15, -0.1) is 0 Å². The van der Waals surface area contributed by atoms with Gasteiger partial charge < -0.3 is 10.2 Å². The highest BCUT2D eigenvalue weighted by atomic mass is 16.2. The maximum Gasteiger partial charge on any atom is 0.255 e. The topological polar surface area (TPSA) is 62.3 Å². The van der Waals surface area contributed by atoms with Crippen molar-refractivity contribution in [2.45, 2.75) is 59.3 Å². The van der Waals surface area contributed by atoms with Crippen LogP contribution in [0.5, 0.6) is 0 Å². The molecule has 0 aliphatic carbocycles. The van der Waals surface area contributed by atoms with Crippen LogP contribution in [0, 0.1) is 19.8 Å². The molecule has 0 bridgehead atoms. The molecule has 0 radical (unpaired) electrons. The second kappa shape index (κ2) is 9.86. The molecule has 2 heterocycles. The molecule has 1 aromatic heterocycles. The minimum absolute atomic E-state index is 0.0158. The summed E-state index contributed by atoms with van der Waals surface area (Å²) in [6.45, 7) is 8.03. The Balaban J connectivity index is 1.65. The quantitative estimate of drug-likeness (QED) is 0.707. The Morgan fingerprint density at radius 3 is 2.79 bits per heavy atom. The van der Waals surface area contributed by atoms with E-state index in [4.69, 9.17) is 0 Å². The lowest BCUT2D eigenvalue weighted by molar-refractivity contribution is -0.126. The molecule has 0 saturated carbocycles. The molecule has 2 aromatic rings. The smallest absolute Gasteiger partial charge is 0.255 e. The number of piperidine rings is 1. The summed E-state index contributed by atoms with van der Waals surface area (Å²) < 4.78 is 0. The van der Waals surface area contributed by atoms with E-state index in [1.165, 1.54) is 12.8 Å². The number of rotatable bonds is 7. The average Bonchev–Trinajstić information content (AvgIpc) is 2.72. The Kier molecular flexibility index (Phi) is 7.24. The van der Waals surface area contributed by atoms with E-state index < -0.39 is 0 Å². The van der Waals surface area contributed by atoms with Crippen molar-refractivity contribution in [2.24, 2.45) is 5.92 Å². The Bertz CT molecular complexity index is 878. The van der Waals surface area contributed by atoms with Crippen molar-refractivity contribution in [1.29, 1.82) is 0 Å². The van der Waals surface area contributed by atoms with Crippen LogP contribution in [0.4, 0.5) is 0 Å². The molecule has 0 spiro atoms. The molecular weight excluding hydrogens is 362 g/mol. The van der Waals surface area contributed by atoms with Crippen molar-refractivity contribution in [3.63, 3.8) is 0 Å². The number of likely N-dealkylation sites (tertiary alicyclic amines) is 1. The molecule has 1 aromatic carbocycles. The first-order valence-electron chi connectivity index (χ1n) is 10.9. The van der Waals surface area contributed by atoms with Crippen LogP contribution in [-0.2, 0) is 4.79 Å². The minimum atomic E-state index is -0.116. The van der Waals surface area contributed by atoms with Crippen LogP contribution in [0.1, 0.15) is 67.1 Å². The zero-order valence-electron chi connectivity index (χ0n) is 18.0. The first-order chi connectivity index (χ1) is 14.0. The summed E-state index contributed by atoms with van der Waals surface area (Å²) in [5.41, 5.74) is 3.46. The largest absolute Gasteiger partial charge is 0.356 e. The number of benzene rings is 1. The van der Waals surface area contributed by atoms with Crippen LogP contribution in [0.25, 0.3) is 10.9 Å². The van der Waals surface area contributed by atoms with Gasteiger partial charge in [-0.25, -0.2) is 0 Å². The fourth-order valence-electron chi connectivity index (χ4n) is 4.04. The number of pyridine rings is 1. The highest BCUT2D eigenvalue weighted by Gasteiger charge is 2.29. The summed E-state index contributed by atoms with van der Waals surface area (Å²) in [6, 6.07) is 8.03. The summed E-state index contributed by atoms with van der Waals surface area (Å²) in [7, 11) is 0. The maximum absolute atomic E-state index is 13.2. The van der Waals surface area contributed by atoms with E-state index in [0.717, 1.165) is 54.4 Å². The molecule has 29 heavy (non-hydrogen) atoms. The van der Waals surface area contributed by atoms with Gasteiger partial charge in [0.05, 0.1) is 22.7 Å². The molecule has 5 heteroatoms. The van der Waals surface area contributed by atoms with E-state index in [1.807, 2.05) is 43.0 Å². The summed E-state index contributed by atoms with van der Waals surface area (Å²) in [4.78, 5) is 32.2. The van der Waals surface area contributed by atoms with Crippen LogP contribution < -0.4 is 5.32 Å². The van der Waals surface area contributed by atoms with Crippen LogP contribution >= 0.6 is 0 Å².